The van der Waals surface area contributed by atoms with Gasteiger partial charge in [0, 0.05) is 0 Å². The van der Waals surface area contributed by atoms with E-state index in [9.17, 15) is 14.8 Å². The number of imidazole rings is 1. The maximum absolute atomic E-state index is 11.2. The third-order valence-corrected chi connectivity index (χ3v) is 3.99. The molecule has 2 aromatic heterocycles. The second-order valence-electron chi connectivity index (χ2n) is 5.07. The molecule has 0 radical (unpaired) electrons. The molecule has 1 fully saturated rings. The van der Waals surface area contributed by atoms with E-state index < -0.39 is 32.2 Å². The molecule has 0 amide bonds. The Kier molecular flexibility index (Phi) is 4.06. The molecule has 23 heavy (non-hydrogen) atoms. The summed E-state index contributed by atoms with van der Waals surface area (Å²) in [5.41, 5.74) is 16.5. The highest BCUT2D eigenvalue weighted by Gasteiger charge is 2.44. The SMILES string of the molecule is Nc1ncnc2c1ncn2[C@@H]1O[C@H](COP(N)(N)=O)[C@H](O)[C@@H]1O. The van der Waals surface area contributed by atoms with E-state index in [1.807, 2.05) is 0 Å². The third kappa shape index (κ3) is 3.05. The van der Waals surface area contributed by atoms with Gasteiger partial charge >= 0.3 is 7.67 Å². The Bertz CT molecular complexity index is 763. The lowest BCUT2D eigenvalue weighted by Gasteiger charge is -2.16. The zero-order valence-electron chi connectivity index (χ0n) is 11.8. The number of fused-ring (bicyclic) bond motifs is 1. The summed E-state index contributed by atoms with van der Waals surface area (Å²) >= 11 is 0. The van der Waals surface area contributed by atoms with Gasteiger partial charge in [-0.05, 0) is 0 Å². The topological polar surface area (TPSA) is 198 Å². The largest absolute Gasteiger partial charge is 0.387 e. The molecule has 8 N–H and O–H groups in total. The first-order valence-electron chi connectivity index (χ1n) is 6.54. The molecule has 0 aromatic carbocycles. The summed E-state index contributed by atoms with van der Waals surface area (Å²) in [6.45, 7) is -0.344. The van der Waals surface area contributed by atoms with Crippen LogP contribution in [0.1, 0.15) is 6.23 Å². The molecule has 126 valence electrons. The molecule has 3 heterocycles. The Labute approximate surface area is 129 Å². The Morgan fingerprint density at radius 3 is 2.74 bits per heavy atom. The summed E-state index contributed by atoms with van der Waals surface area (Å²) in [7, 11) is -3.72. The van der Waals surface area contributed by atoms with E-state index in [0.29, 0.717) is 11.2 Å². The lowest BCUT2D eigenvalue weighted by atomic mass is 10.1. The van der Waals surface area contributed by atoms with E-state index in [2.05, 4.69) is 15.0 Å². The molecule has 13 heteroatoms. The lowest BCUT2D eigenvalue weighted by Crippen LogP contribution is -2.34. The predicted octanol–water partition coefficient (Wildman–Crippen LogP) is -1.93. The fourth-order valence-electron chi connectivity index (χ4n) is 2.34. The third-order valence-electron chi connectivity index (χ3n) is 3.44. The fraction of sp³-hybridized carbons (Fsp3) is 0.500. The Morgan fingerprint density at radius 1 is 1.30 bits per heavy atom. The van der Waals surface area contributed by atoms with Gasteiger partial charge < -0.3 is 25.2 Å². The highest BCUT2D eigenvalue weighted by molar-refractivity contribution is 7.53. The van der Waals surface area contributed by atoms with Crippen LogP contribution in [0.2, 0.25) is 0 Å². The first-order valence-corrected chi connectivity index (χ1v) is 8.30. The van der Waals surface area contributed by atoms with Gasteiger partial charge in [-0.15, -0.1) is 0 Å². The molecule has 0 aliphatic carbocycles. The van der Waals surface area contributed by atoms with Crippen LogP contribution in [-0.4, -0.2) is 54.7 Å². The van der Waals surface area contributed by atoms with Gasteiger partial charge in [0.25, 0.3) is 0 Å². The fourth-order valence-corrected chi connectivity index (χ4v) is 2.72. The van der Waals surface area contributed by atoms with Crippen molar-refractivity contribution in [2.75, 3.05) is 12.3 Å². The smallest absolute Gasteiger partial charge is 0.335 e. The van der Waals surface area contributed by atoms with Crippen molar-refractivity contribution >= 4 is 24.7 Å². The number of aliphatic hydroxyl groups is 2. The number of hydrogen-bond acceptors (Lipinski definition) is 9. The van der Waals surface area contributed by atoms with Crippen LogP contribution in [0.25, 0.3) is 11.2 Å². The van der Waals surface area contributed by atoms with Gasteiger partial charge in [-0.1, -0.05) is 0 Å². The summed E-state index contributed by atoms with van der Waals surface area (Å²) in [6.07, 6.45) is -1.97. The molecule has 1 aliphatic heterocycles. The van der Waals surface area contributed by atoms with Crippen molar-refractivity contribution in [1.82, 2.24) is 19.5 Å². The number of nitrogen functional groups attached to an aromatic ring is 1. The van der Waals surface area contributed by atoms with Crippen LogP contribution >= 0.6 is 7.67 Å². The molecule has 0 saturated carbocycles. The van der Waals surface area contributed by atoms with Crippen molar-refractivity contribution in [3.05, 3.63) is 12.7 Å². The molecule has 0 spiro atoms. The van der Waals surface area contributed by atoms with E-state index in [1.54, 1.807) is 0 Å². The highest BCUT2D eigenvalue weighted by Crippen LogP contribution is 2.34. The number of aromatic nitrogens is 4. The van der Waals surface area contributed by atoms with Crippen molar-refractivity contribution in [3.63, 3.8) is 0 Å². The highest BCUT2D eigenvalue weighted by atomic mass is 31.2. The molecule has 0 bridgehead atoms. The summed E-state index contributed by atoms with van der Waals surface area (Å²) in [4.78, 5) is 11.9. The van der Waals surface area contributed by atoms with Crippen LogP contribution in [0, 0.1) is 0 Å². The normalized spacial score (nSPS) is 28.5. The molecule has 3 rings (SSSR count). The molecular formula is C10H16N7O5P. The van der Waals surface area contributed by atoms with Crippen molar-refractivity contribution in [2.45, 2.75) is 24.5 Å². The van der Waals surface area contributed by atoms with E-state index in [4.69, 9.17) is 26.0 Å². The van der Waals surface area contributed by atoms with E-state index in [0.717, 1.165) is 0 Å². The maximum Gasteiger partial charge on any atom is 0.335 e. The summed E-state index contributed by atoms with van der Waals surface area (Å²) in [5.74, 6) is 0.175. The van der Waals surface area contributed by atoms with Gasteiger partial charge in [-0.3, -0.25) is 9.13 Å². The van der Waals surface area contributed by atoms with Crippen LogP contribution in [0.5, 0.6) is 0 Å². The first kappa shape index (κ1) is 16.2. The van der Waals surface area contributed by atoms with Gasteiger partial charge in [0.1, 0.15) is 30.2 Å². The van der Waals surface area contributed by atoms with Crippen LogP contribution in [0.3, 0.4) is 0 Å². The van der Waals surface area contributed by atoms with Gasteiger partial charge in [0.2, 0.25) is 0 Å². The number of nitrogens with two attached hydrogens (primary N) is 3. The zero-order valence-corrected chi connectivity index (χ0v) is 12.7. The molecule has 0 unspecified atom stereocenters. The molecule has 1 saturated heterocycles. The minimum absolute atomic E-state index is 0.175. The van der Waals surface area contributed by atoms with Crippen molar-refractivity contribution in [2.24, 2.45) is 11.0 Å². The predicted molar refractivity (Wildman–Crippen MR) is 77.6 cm³/mol. The Hall–Kier alpha value is -1.66. The number of ether oxygens (including phenoxy) is 1. The van der Waals surface area contributed by atoms with Crippen LogP contribution < -0.4 is 16.7 Å². The van der Waals surface area contributed by atoms with Gasteiger partial charge in [0.05, 0.1) is 12.9 Å². The average Bonchev–Trinajstić information content (AvgIpc) is 3.01. The zero-order chi connectivity index (χ0) is 16.8. The number of hydrogen-bond donors (Lipinski definition) is 5. The molecule has 12 nitrogen and oxygen atoms in total. The molecular weight excluding hydrogens is 329 g/mol. The quantitative estimate of drug-likeness (QED) is 0.387. The lowest BCUT2D eigenvalue weighted by molar-refractivity contribution is -0.0472. The maximum atomic E-state index is 11.2. The Balaban J connectivity index is 1.85. The molecule has 2 aromatic rings. The average molecular weight is 345 g/mol. The summed E-state index contributed by atoms with van der Waals surface area (Å²) in [5, 5.41) is 20.2. The van der Waals surface area contributed by atoms with Crippen LogP contribution in [0.15, 0.2) is 12.7 Å². The second-order valence-corrected chi connectivity index (χ2v) is 6.62. The number of rotatable bonds is 4. The monoisotopic (exact) mass is 345 g/mol. The van der Waals surface area contributed by atoms with E-state index >= 15 is 0 Å². The van der Waals surface area contributed by atoms with Gasteiger partial charge in [-0.2, -0.15) is 0 Å². The van der Waals surface area contributed by atoms with E-state index in [1.165, 1.54) is 17.2 Å². The Morgan fingerprint density at radius 2 is 2.04 bits per heavy atom. The number of aliphatic hydroxyl groups excluding tert-OH is 2. The van der Waals surface area contributed by atoms with Crippen molar-refractivity contribution in [3.8, 4) is 0 Å². The standard InChI is InChI=1S/C10H16N7O5P/c11-8-5-9(15-2-14-8)17(3-16-5)10-7(19)6(18)4(22-10)1-21-23(12,13)20/h2-4,6-7,10,18-19H,1H2,(H2,11,14,15)(H4,12,13,20)/t4-,6+,7+,10-/m1/s1. The van der Waals surface area contributed by atoms with Crippen LogP contribution in [-0.2, 0) is 13.8 Å². The van der Waals surface area contributed by atoms with Gasteiger partial charge in [-0.25, -0.2) is 26.0 Å². The van der Waals surface area contributed by atoms with E-state index in [-0.39, 0.29) is 12.4 Å². The van der Waals surface area contributed by atoms with Crippen LogP contribution in [0.4, 0.5) is 5.82 Å². The summed E-state index contributed by atoms with van der Waals surface area (Å²) < 4.78 is 22.9. The molecule has 4 atom stereocenters. The van der Waals surface area contributed by atoms with Crippen molar-refractivity contribution in [1.29, 1.82) is 0 Å². The minimum atomic E-state index is -3.72. The first-order chi connectivity index (χ1) is 10.8. The number of anilines is 1. The molecule has 1 aliphatic rings. The van der Waals surface area contributed by atoms with Gasteiger partial charge in [0.15, 0.2) is 17.7 Å². The second kappa shape index (κ2) is 5.76. The summed E-state index contributed by atoms with van der Waals surface area (Å²) in [6, 6.07) is 0. The van der Waals surface area contributed by atoms with Crippen molar-refractivity contribution < 1.29 is 24.0 Å². The number of nitrogens with zero attached hydrogens (tertiary/aromatic N) is 4. The minimum Gasteiger partial charge on any atom is -0.387 e.